The molecule has 0 radical (unpaired) electrons. The molecule has 0 spiro atoms. The first-order valence-electron chi connectivity index (χ1n) is 9.92. The molecule has 162 valence electrons. The van der Waals surface area contributed by atoms with Gasteiger partial charge in [-0.15, -0.1) is 0 Å². The van der Waals surface area contributed by atoms with Gasteiger partial charge in [0.05, 0.1) is 18.8 Å². The zero-order chi connectivity index (χ0) is 22.1. The Labute approximate surface area is 185 Å². The van der Waals surface area contributed by atoms with Gasteiger partial charge in [-0.3, -0.25) is 9.69 Å². The molecule has 5 nitrogen and oxygen atoms in total. The number of hydrogen-bond acceptors (Lipinski definition) is 5. The summed E-state index contributed by atoms with van der Waals surface area (Å²) in [6.07, 6.45) is 0.638. The molecule has 0 saturated heterocycles. The number of hydrogen-bond donors (Lipinski definition) is 1. The highest BCUT2D eigenvalue weighted by Gasteiger charge is 2.39. The molecule has 2 aromatic rings. The first-order chi connectivity index (χ1) is 14.2. The number of ether oxygens (including phenoxy) is 2. The molecule has 2 atom stereocenters. The fraction of sp³-hybridized carbons (Fsp3) is 0.435. The van der Waals surface area contributed by atoms with Crippen LogP contribution in [-0.2, 0) is 11.2 Å². The largest absolute Gasteiger partial charge is 0.496 e. The summed E-state index contributed by atoms with van der Waals surface area (Å²) in [4.78, 5) is 13.4. The van der Waals surface area contributed by atoms with Gasteiger partial charge in [-0.25, -0.2) is 4.39 Å². The molecule has 0 amide bonds. The van der Waals surface area contributed by atoms with Gasteiger partial charge in [-0.2, -0.15) is 0 Å². The summed E-state index contributed by atoms with van der Waals surface area (Å²) >= 11 is 3.50. The second-order valence-corrected chi connectivity index (χ2v) is 9.12. The van der Waals surface area contributed by atoms with Gasteiger partial charge in [-0.05, 0) is 51.0 Å². The van der Waals surface area contributed by atoms with Gasteiger partial charge >= 0.3 is 0 Å². The molecular weight excluding hydrogens is 451 g/mol. The van der Waals surface area contributed by atoms with Crippen LogP contribution in [0.1, 0.15) is 43.5 Å². The molecule has 0 saturated carbocycles. The van der Waals surface area contributed by atoms with Gasteiger partial charge in [0.25, 0.3) is 6.47 Å². The highest BCUT2D eigenvalue weighted by molar-refractivity contribution is 9.10. The van der Waals surface area contributed by atoms with Gasteiger partial charge in [0.1, 0.15) is 11.4 Å². The maximum absolute atomic E-state index is 14.8. The Morgan fingerprint density at radius 2 is 2.00 bits per heavy atom. The van der Waals surface area contributed by atoms with Crippen LogP contribution in [0, 0.1) is 0 Å². The molecule has 1 unspecified atom stereocenters. The van der Waals surface area contributed by atoms with Gasteiger partial charge in [-0.1, -0.05) is 28.1 Å². The number of nitrogens with one attached hydrogen (secondary N) is 1. The summed E-state index contributed by atoms with van der Waals surface area (Å²) in [6, 6.07) is 9.56. The minimum Gasteiger partial charge on any atom is -0.496 e. The van der Waals surface area contributed by atoms with Crippen LogP contribution in [-0.4, -0.2) is 43.8 Å². The van der Waals surface area contributed by atoms with Crippen molar-refractivity contribution in [2.24, 2.45) is 0 Å². The lowest BCUT2D eigenvalue weighted by molar-refractivity contribution is -0.120. The SMILES string of the molecule is CNc1ccc2c(c1OC=O)C[C@@H](C)N(CC(C)(C)F)C2c1ccc(Br)cc1OC. The number of carbonyl (C=O) groups is 1. The van der Waals surface area contributed by atoms with Crippen LogP contribution >= 0.6 is 15.9 Å². The maximum atomic E-state index is 14.8. The van der Waals surface area contributed by atoms with Crippen LogP contribution in [0.5, 0.6) is 11.5 Å². The van der Waals surface area contributed by atoms with Crippen LogP contribution in [0.2, 0.25) is 0 Å². The summed E-state index contributed by atoms with van der Waals surface area (Å²) < 4.78 is 26.8. The third-order valence-corrected chi connectivity index (χ3v) is 5.97. The van der Waals surface area contributed by atoms with Crippen LogP contribution < -0.4 is 14.8 Å². The standard InChI is InChI=1S/C23H28BrFN2O3/c1-14-10-18-16(8-9-19(26-4)22(18)30-13-28)21(27(14)12-23(2,3)25)17-7-6-15(24)11-20(17)29-5/h6-9,11,13-14,21,26H,10,12H2,1-5H3/t14-,21?/m1/s1. The van der Waals surface area contributed by atoms with E-state index in [1.54, 1.807) is 28.0 Å². The molecular formula is C23H28BrFN2O3. The van der Waals surface area contributed by atoms with E-state index < -0.39 is 5.67 Å². The van der Waals surface area contributed by atoms with Crippen molar-refractivity contribution in [2.45, 2.75) is 44.9 Å². The first-order valence-corrected chi connectivity index (χ1v) is 10.7. The highest BCUT2D eigenvalue weighted by atomic mass is 79.9. The number of rotatable bonds is 7. The minimum atomic E-state index is -1.38. The van der Waals surface area contributed by atoms with Crippen LogP contribution in [0.15, 0.2) is 34.8 Å². The van der Waals surface area contributed by atoms with Crippen molar-refractivity contribution in [3.05, 3.63) is 51.5 Å². The van der Waals surface area contributed by atoms with Crippen LogP contribution in [0.4, 0.5) is 10.1 Å². The normalized spacial score (nSPS) is 19.2. The number of halogens is 2. The van der Waals surface area contributed by atoms with E-state index in [1.165, 1.54) is 0 Å². The molecule has 1 aliphatic heterocycles. The van der Waals surface area contributed by atoms with E-state index in [2.05, 4.69) is 33.1 Å². The second kappa shape index (κ2) is 8.94. The molecule has 0 aromatic heterocycles. The number of benzene rings is 2. The molecule has 1 heterocycles. The average Bonchev–Trinajstić information content (AvgIpc) is 2.68. The Bertz CT molecular complexity index is 929. The lowest BCUT2D eigenvalue weighted by atomic mass is 9.83. The van der Waals surface area contributed by atoms with Crippen molar-refractivity contribution in [1.29, 1.82) is 0 Å². The molecule has 0 bridgehead atoms. The van der Waals surface area contributed by atoms with Gasteiger partial charge in [0.2, 0.25) is 0 Å². The number of alkyl halides is 1. The van der Waals surface area contributed by atoms with Gasteiger partial charge in [0, 0.05) is 35.2 Å². The minimum absolute atomic E-state index is 0.0204. The van der Waals surface area contributed by atoms with Crippen LogP contribution in [0.25, 0.3) is 0 Å². The number of methoxy groups -OCH3 is 1. The summed E-state index contributed by atoms with van der Waals surface area (Å²) in [5, 5.41) is 3.09. The molecule has 3 rings (SSSR count). The second-order valence-electron chi connectivity index (χ2n) is 8.21. The predicted octanol–water partition coefficient (Wildman–Crippen LogP) is 5.12. The molecule has 0 fully saturated rings. The Morgan fingerprint density at radius 1 is 1.30 bits per heavy atom. The zero-order valence-corrected chi connectivity index (χ0v) is 19.5. The van der Waals surface area contributed by atoms with E-state index in [0.29, 0.717) is 24.4 Å². The summed E-state index contributed by atoms with van der Waals surface area (Å²) in [5.74, 6) is 1.24. The maximum Gasteiger partial charge on any atom is 0.298 e. The molecule has 0 aliphatic carbocycles. The van der Waals surface area contributed by atoms with E-state index in [0.717, 1.165) is 26.9 Å². The average molecular weight is 479 g/mol. The van der Waals surface area contributed by atoms with Crippen molar-refractivity contribution in [2.75, 3.05) is 26.0 Å². The fourth-order valence-corrected chi connectivity index (χ4v) is 4.61. The van der Waals surface area contributed by atoms with Crippen molar-refractivity contribution in [3.8, 4) is 11.5 Å². The number of fused-ring (bicyclic) bond motifs is 1. The summed E-state index contributed by atoms with van der Waals surface area (Å²) in [6.45, 7) is 5.97. The first kappa shape index (κ1) is 22.6. The smallest absolute Gasteiger partial charge is 0.298 e. The molecule has 2 aromatic carbocycles. The number of anilines is 1. The van der Waals surface area contributed by atoms with Crippen molar-refractivity contribution in [3.63, 3.8) is 0 Å². The number of carbonyl (C=O) groups excluding carboxylic acids is 1. The molecule has 1 N–H and O–H groups in total. The van der Waals surface area contributed by atoms with Gasteiger partial charge in [0.15, 0.2) is 5.75 Å². The Morgan fingerprint density at radius 3 is 2.60 bits per heavy atom. The fourth-order valence-electron chi connectivity index (χ4n) is 4.27. The quantitative estimate of drug-likeness (QED) is 0.559. The van der Waals surface area contributed by atoms with E-state index in [1.807, 2.05) is 30.3 Å². The molecule has 7 heteroatoms. The van der Waals surface area contributed by atoms with E-state index in [9.17, 15) is 9.18 Å². The van der Waals surface area contributed by atoms with Crippen molar-refractivity contribution < 1.29 is 18.7 Å². The lowest BCUT2D eigenvalue weighted by Crippen LogP contribution is -2.48. The van der Waals surface area contributed by atoms with E-state index in [-0.39, 0.29) is 18.6 Å². The topological polar surface area (TPSA) is 50.8 Å². The molecule has 1 aliphatic rings. The van der Waals surface area contributed by atoms with E-state index >= 15 is 0 Å². The monoisotopic (exact) mass is 478 g/mol. The van der Waals surface area contributed by atoms with Gasteiger partial charge < -0.3 is 14.8 Å². The zero-order valence-electron chi connectivity index (χ0n) is 18.0. The van der Waals surface area contributed by atoms with E-state index in [4.69, 9.17) is 9.47 Å². The molecule has 30 heavy (non-hydrogen) atoms. The third-order valence-electron chi connectivity index (χ3n) is 5.47. The van der Waals surface area contributed by atoms with Crippen molar-refractivity contribution in [1.82, 2.24) is 4.90 Å². The Kier molecular flexibility index (Phi) is 6.72. The summed E-state index contributed by atoms with van der Waals surface area (Å²) in [5.41, 5.74) is 2.23. The highest BCUT2D eigenvalue weighted by Crippen LogP contribution is 2.47. The Hall–Kier alpha value is -2.12. The third kappa shape index (κ3) is 4.47. The predicted molar refractivity (Wildman–Crippen MR) is 120 cm³/mol. The Balaban J connectivity index is 2.26. The number of nitrogens with zero attached hydrogens (tertiary/aromatic N) is 1. The van der Waals surface area contributed by atoms with Crippen LogP contribution in [0.3, 0.4) is 0 Å². The summed E-state index contributed by atoms with van der Waals surface area (Å²) in [7, 11) is 3.42. The van der Waals surface area contributed by atoms with Crippen molar-refractivity contribution >= 4 is 28.1 Å². The lowest BCUT2D eigenvalue weighted by Gasteiger charge is -2.44.